The summed E-state index contributed by atoms with van der Waals surface area (Å²) in [5.74, 6) is -0.00527. The Hall–Kier alpha value is -1.38. The largest absolute Gasteiger partial charge is 0.369 e. The van der Waals surface area contributed by atoms with Crippen LogP contribution in [0.2, 0.25) is 0 Å². The molecule has 16 heavy (non-hydrogen) atoms. The number of benzene rings is 1. The summed E-state index contributed by atoms with van der Waals surface area (Å²) in [6, 6.07) is 5.30. The van der Waals surface area contributed by atoms with Crippen molar-refractivity contribution in [3.63, 3.8) is 0 Å². The molecule has 1 aliphatic rings. The lowest BCUT2D eigenvalue weighted by Gasteiger charge is -2.31. The first kappa shape index (κ1) is 11.1. The van der Waals surface area contributed by atoms with Crippen molar-refractivity contribution >= 4 is 12.0 Å². The molecular formula is C13H16FNO. The molecular weight excluding hydrogens is 205 g/mol. The smallest absolute Gasteiger partial charge is 0.146 e. The van der Waals surface area contributed by atoms with E-state index in [1.54, 1.807) is 6.07 Å². The highest BCUT2D eigenvalue weighted by molar-refractivity contribution is 5.56. The van der Waals surface area contributed by atoms with E-state index in [0.29, 0.717) is 5.69 Å². The second-order valence-electron chi connectivity index (χ2n) is 4.42. The second-order valence-corrected chi connectivity index (χ2v) is 4.42. The molecule has 0 unspecified atom stereocenters. The van der Waals surface area contributed by atoms with Gasteiger partial charge in [0.05, 0.1) is 5.69 Å². The van der Waals surface area contributed by atoms with E-state index in [-0.39, 0.29) is 11.7 Å². The summed E-state index contributed by atoms with van der Waals surface area (Å²) in [5, 5.41) is 0. The number of anilines is 1. The molecule has 0 saturated carbocycles. The SMILES string of the molecule is Cc1ccc(N2CCC(C=O)CC2)c(F)c1. The monoisotopic (exact) mass is 221 g/mol. The van der Waals surface area contributed by atoms with Crippen LogP contribution in [0.3, 0.4) is 0 Å². The average molecular weight is 221 g/mol. The van der Waals surface area contributed by atoms with Gasteiger partial charge in [0.15, 0.2) is 0 Å². The van der Waals surface area contributed by atoms with Crippen molar-refractivity contribution in [1.29, 1.82) is 0 Å². The number of aryl methyl sites for hydroxylation is 1. The number of aldehydes is 1. The van der Waals surface area contributed by atoms with Gasteiger partial charge in [0, 0.05) is 19.0 Å². The first-order valence-corrected chi connectivity index (χ1v) is 5.67. The summed E-state index contributed by atoms with van der Waals surface area (Å²) in [6.07, 6.45) is 2.68. The maximum absolute atomic E-state index is 13.7. The third-order valence-corrected chi connectivity index (χ3v) is 3.18. The zero-order chi connectivity index (χ0) is 11.5. The van der Waals surface area contributed by atoms with Crippen LogP contribution in [-0.2, 0) is 4.79 Å². The van der Waals surface area contributed by atoms with Gasteiger partial charge in [0.1, 0.15) is 12.1 Å². The van der Waals surface area contributed by atoms with Crippen molar-refractivity contribution in [3.8, 4) is 0 Å². The standard InChI is InChI=1S/C13H16FNO/c1-10-2-3-13(12(14)8-10)15-6-4-11(9-16)5-7-15/h2-3,8-9,11H,4-7H2,1H3. The molecule has 0 bridgehead atoms. The quantitative estimate of drug-likeness (QED) is 0.715. The van der Waals surface area contributed by atoms with Gasteiger partial charge in [-0.15, -0.1) is 0 Å². The Morgan fingerprint density at radius 2 is 2.06 bits per heavy atom. The number of halogens is 1. The van der Waals surface area contributed by atoms with E-state index >= 15 is 0 Å². The highest BCUT2D eigenvalue weighted by atomic mass is 19.1. The van der Waals surface area contributed by atoms with Crippen LogP contribution in [0, 0.1) is 18.7 Å². The molecule has 1 aliphatic heterocycles. The predicted octanol–water partition coefficient (Wildman–Crippen LogP) is 2.55. The predicted molar refractivity (Wildman–Crippen MR) is 62.1 cm³/mol. The molecule has 1 aromatic carbocycles. The molecule has 2 rings (SSSR count). The molecule has 0 radical (unpaired) electrons. The molecule has 0 amide bonds. The Morgan fingerprint density at radius 3 is 2.62 bits per heavy atom. The lowest BCUT2D eigenvalue weighted by atomic mass is 9.98. The number of rotatable bonds is 2. The minimum Gasteiger partial charge on any atom is -0.369 e. The molecule has 1 fully saturated rings. The first-order valence-electron chi connectivity index (χ1n) is 5.67. The third kappa shape index (κ3) is 2.23. The topological polar surface area (TPSA) is 20.3 Å². The molecule has 0 N–H and O–H groups in total. The van der Waals surface area contributed by atoms with E-state index in [0.717, 1.165) is 37.8 Å². The summed E-state index contributed by atoms with van der Waals surface area (Å²) in [6.45, 7) is 3.41. The van der Waals surface area contributed by atoms with Crippen LogP contribution in [0.5, 0.6) is 0 Å². The molecule has 0 spiro atoms. The Labute approximate surface area is 95.1 Å². The molecule has 3 heteroatoms. The van der Waals surface area contributed by atoms with E-state index in [2.05, 4.69) is 0 Å². The summed E-state index contributed by atoms with van der Waals surface area (Å²) in [5.41, 5.74) is 1.60. The van der Waals surface area contributed by atoms with E-state index in [1.165, 1.54) is 0 Å². The van der Waals surface area contributed by atoms with Gasteiger partial charge in [-0.1, -0.05) is 6.07 Å². The van der Waals surface area contributed by atoms with Gasteiger partial charge >= 0.3 is 0 Å². The lowest BCUT2D eigenvalue weighted by Crippen LogP contribution is -2.34. The van der Waals surface area contributed by atoms with Crippen molar-refractivity contribution in [3.05, 3.63) is 29.6 Å². The molecule has 1 saturated heterocycles. The molecule has 0 aromatic heterocycles. The van der Waals surface area contributed by atoms with Gasteiger partial charge in [0.25, 0.3) is 0 Å². The minimum absolute atomic E-state index is 0.157. The maximum atomic E-state index is 13.7. The zero-order valence-corrected chi connectivity index (χ0v) is 9.45. The van der Waals surface area contributed by atoms with Crippen LogP contribution < -0.4 is 4.90 Å². The molecule has 1 heterocycles. The summed E-state index contributed by atoms with van der Waals surface area (Å²) in [4.78, 5) is 12.6. The lowest BCUT2D eigenvalue weighted by molar-refractivity contribution is -0.111. The van der Waals surface area contributed by atoms with Crippen LogP contribution >= 0.6 is 0 Å². The van der Waals surface area contributed by atoms with Crippen molar-refractivity contribution in [2.75, 3.05) is 18.0 Å². The fraction of sp³-hybridized carbons (Fsp3) is 0.462. The maximum Gasteiger partial charge on any atom is 0.146 e. The van der Waals surface area contributed by atoms with Gasteiger partial charge < -0.3 is 9.69 Å². The van der Waals surface area contributed by atoms with E-state index in [1.807, 2.05) is 24.0 Å². The molecule has 2 nitrogen and oxygen atoms in total. The Morgan fingerprint density at radius 1 is 1.38 bits per heavy atom. The van der Waals surface area contributed by atoms with Crippen LogP contribution in [0.15, 0.2) is 18.2 Å². The van der Waals surface area contributed by atoms with Gasteiger partial charge in [-0.3, -0.25) is 0 Å². The van der Waals surface area contributed by atoms with Crippen molar-refractivity contribution in [2.45, 2.75) is 19.8 Å². The average Bonchev–Trinajstić information content (AvgIpc) is 2.29. The Kier molecular flexibility index (Phi) is 3.22. The first-order chi connectivity index (χ1) is 7.70. The Balaban J connectivity index is 2.11. The highest BCUT2D eigenvalue weighted by Gasteiger charge is 2.20. The normalized spacial score (nSPS) is 17.5. The summed E-state index contributed by atoms with van der Waals surface area (Å²) < 4.78 is 13.7. The van der Waals surface area contributed by atoms with Crippen LogP contribution in [0.1, 0.15) is 18.4 Å². The number of hydrogen-bond donors (Lipinski definition) is 0. The highest BCUT2D eigenvalue weighted by Crippen LogP contribution is 2.25. The van der Waals surface area contributed by atoms with Gasteiger partial charge in [-0.25, -0.2) is 4.39 Å². The second kappa shape index (κ2) is 4.64. The summed E-state index contributed by atoms with van der Waals surface area (Å²) >= 11 is 0. The fourth-order valence-electron chi connectivity index (χ4n) is 2.14. The van der Waals surface area contributed by atoms with E-state index in [9.17, 15) is 9.18 Å². The van der Waals surface area contributed by atoms with E-state index in [4.69, 9.17) is 0 Å². The molecule has 0 atom stereocenters. The fourth-order valence-corrected chi connectivity index (χ4v) is 2.14. The molecule has 86 valence electrons. The van der Waals surface area contributed by atoms with Crippen molar-refractivity contribution < 1.29 is 9.18 Å². The van der Waals surface area contributed by atoms with Crippen LogP contribution in [-0.4, -0.2) is 19.4 Å². The van der Waals surface area contributed by atoms with Crippen molar-refractivity contribution in [2.24, 2.45) is 5.92 Å². The summed E-state index contributed by atoms with van der Waals surface area (Å²) in [7, 11) is 0. The van der Waals surface area contributed by atoms with Gasteiger partial charge in [0.2, 0.25) is 0 Å². The zero-order valence-electron chi connectivity index (χ0n) is 9.45. The minimum atomic E-state index is -0.162. The molecule has 0 aliphatic carbocycles. The number of piperidine rings is 1. The third-order valence-electron chi connectivity index (χ3n) is 3.18. The van der Waals surface area contributed by atoms with E-state index < -0.39 is 0 Å². The van der Waals surface area contributed by atoms with Crippen molar-refractivity contribution in [1.82, 2.24) is 0 Å². The molecule has 1 aromatic rings. The van der Waals surface area contributed by atoms with Gasteiger partial charge in [-0.2, -0.15) is 0 Å². The van der Waals surface area contributed by atoms with Crippen LogP contribution in [0.4, 0.5) is 10.1 Å². The van der Waals surface area contributed by atoms with Gasteiger partial charge in [-0.05, 0) is 37.5 Å². The van der Waals surface area contributed by atoms with Crippen LogP contribution in [0.25, 0.3) is 0 Å². The number of nitrogens with zero attached hydrogens (tertiary/aromatic N) is 1. The number of carbonyl (C=O) groups excluding carboxylic acids is 1. The Bertz CT molecular complexity index is 384. The number of carbonyl (C=O) groups is 1. The number of hydrogen-bond acceptors (Lipinski definition) is 2.